The molecule has 7 heteroatoms. The molecule has 2 aromatic carbocycles. The predicted molar refractivity (Wildman–Crippen MR) is 93.8 cm³/mol. The van der Waals surface area contributed by atoms with E-state index in [1.54, 1.807) is 12.1 Å². The number of aromatic nitrogens is 2. The summed E-state index contributed by atoms with van der Waals surface area (Å²) < 4.78 is 23.7. The molecule has 5 nitrogen and oxygen atoms in total. The third-order valence-corrected chi connectivity index (χ3v) is 4.95. The Balaban J connectivity index is 1.43. The number of nitrogens with zero attached hydrogens (tertiary/aromatic N) is 3. The van der Waals surface area contributed by atoms with Crippen molar-refractivity contribution in [1.29, 1.82) is 0 Å². The maximum atomic E-state index is 13.0. The van der Waals surface area contributed by atoms with E-state index in [-0.39, 0.29) is 12.6 Å². The van der Waals surface area contributed by atoms with E-state index in [9.17, 15) is 4.39 Å². The molecule has 0 atom stereocenters. The summed E-state index contributed by atoms with van der Waals surface area (Å²) in [6, 6.07) is 12.4. The molecular formula is C18H16FN3O2S. The number of anilines is 1. The van der Waals surface area contributed by atoms with E-state index in [4.69, 9.17) is 9.47 Å². The fourth-order valence-corrected chi connectivity index (χ4v) is 3.46. The van der Waals surface area contributed by atoms with E-state index in [1.165, 1.54) is 23.5 Å². The van der Waals surface area contributed by atoms with Gasteiger partial charge < -0.3 is 14.4 Å². The maximum Gasteiger partial charge on any atom is 0.231 e. The lowest BCUT2D eigenvalue weighted by Crippen LogP contribution is -2.16. The summed E-state index contributed by atoms with van der Waals surface area (Å²) in [7, 11) is 1.98. The van der Waals surface area contributed by atoms with Crippen LogP contribution in [0.2, 0.25) is 0 Å². The Morgan fingerprint density at radius 3 is 2.64 bits per heavy atom. The highest BCUT2D eigenvalue weighted by atomic mass is 32.1. The number of benzene rings is 2. The quantitative estimate of drug-likeness (QED) is 0.698. The molecular weight excluding hydrogens is 341 g/mol. The SMILES string of the molecule is CN(Cc1ccc2c(c1)OCO2)c1nnc(Cc2ccc(F)cc2)s1. The average molecular weight is 357 g/mol. The zero-order valence-electron chi connectivity index (χ0n) is 13.6. The second-order valence-electron chi connectivity index (χ2n) is 5.83. The third kappa shape index (κ3) is 3.56. The van der Waals surface area contributed by atoms with Gasteiger partial charge in [-0.3, -0.25) is 0 Å². The fourth-order valence-electron chi connectivity index (χ4n) is 2.63. The summed E-state index contributed by atoms with van der Waals surface area (Å²) in [6.07, 6.45) is 0.649. The smallest absolute Gasteiger partial charge is 0.231 e. The molecule has 25 heavy (non-hydrogen) atoms. The number of ether oxygens (including phenoxy) is 2. The first kappa shape index (κ1) is 15.8. The Morgan fingerprint density at radius 2 is 1.80 bits per heavy atom. The van der Waals surface area contributed by atoms with Crippen LogP contribution in [0.25, 0.3) is 0 Å². The first-order valence-corrected chi connectivity index (χ1v) is 8.65. The van der Waals surface area contributed by atoms with Crippen molar-refractivity contribution in [3.8, 4) is 11.5 Å². The zero-order chi connectivity index (χ0) is 17.2. The number of hydrogen-bond donors (Lipinski definition) is 0. The molecule has 2 heterocycles. The van der Waals surface area contributed by atoms with Gasteiger partial charge in [-0.25, -0.2) is 4.39 Å². The zero-order valence-corrected chi connectivity index (χ0v) is 14.4. The van der Waals surface area contributed by atoms with Gasteiger partial charge in [0.05, 0.1) is 0 Å². The first-order valence-electron chi connectivity index (χ1n) is 7.84. The highest BCUT2D eigenvalue weighted by Crippen LogP contribution is 2.33. The van der Waals surface area contributed by atoms with E-state index in [2.05, 4.69) is 10.2 Å². The van der Waals surface area contributed by atoms with Crippen molar-refractivity contribution in [2.24, 2.45) is 0 Å². The summed E-state index contributed by atoms with van der Waals surface area (Å²) in [4.78, 5) is 2.05. The lowest BCUT2D eigenvalue weighted by Gasteiger charge is -2.15. The van der Waals surface area contributed by atoms with Crippen LogP contribution in [0.4, 0.5) is 9.52 Å². The molecule has 0 spiro atoms. The van der Waals surface area contributed by atoms with Crippen LogP contribution >= 0.6 is 11.3 Å². The topological polar surface area (TPSA) is 47.5 Å². The van der Waals surface area contributed by atoms with Gasteiger partial charge in [0.2, 0.25) is 11.9 Å². The molecule has 0 radical (unpaired) electrons. The minimum Gasteiger partial charge on any atom is -0.454 e. The molecule has 4 rings (SSSR count). The van der Waals surface area contributed by atoms with Gasteiger partial charge in [-0.2, -0.15) is 0 Å². The second-order valence-corrected chi connectivity index (χ2v) is 6.87. The van der Waals surface area contributed by atoms with Crippen molar-refractivity contribution >= 4 is 16.5 Å². The molecule has 0 saturated carbocycles. The van der Waals surface area contributed by atoms with Crippen LogP contribution in [0, 0.1) is 5.82 Å². The van der Waals surface area contributed by atoms with Crippen LogP contribution in [0.3, 0.4) is 0 Å². The summed E-state index contributed by atoms with van der Waals surface area (Å²) >= 11 is 1.54. The Kier molecular flexibility index (Phi) is 4.23. The molecule has 3 aromatic rings. The molecule has 0 unspecified atom stereocenters. The van der Waals surface area contributed by atoms with Gasteiger partial charge in [-0.05, 0) is 35.4 Å². The monoisotopic (exact) mass is 357 g/mol. The van der Waals surface area contributed by atoms with E-state index in [0.29, 0.717) is 13.0 Å². The largest absolute Gasteiger partial charge is 0.454 e. The van der Waals surface area contributed by atoms with Crippen LogP contribution in [-0.2, 0) is 13.0 Å². The van der Waals surface area contributed by atoms with Gasteiger partial charge >= 0.3 is 0 Å². The van der Waals surface area contributed by atoms with Crippen molar-refractivity contribution < 1.29 is 13.9 Å². The standard InChI is InChI=1S/C18H16FN3O2S/c1-22(10-13-4-7-15-16(8-13)24-11-23-15)18-21-20-17(25-18)9-12-2-5-14(19)6-3-12/h2-8H,9-11H2,1H3. The minimum absolute atomic E-state index is 0.231. The van der Waals surface area contributed by atoms with Crippen molar-refractivity contribution in [2.45, 2.75) is 13.0 Å². The molecule has 1 aliphatic heterocycles. The lowest BCUT2D eigenvalue weighted by atomic mass is 10.2. The molecule has 0 N–H and O–H groups in total. The van der Waals surface area contributed by atoms with Crippen LogP contribution in [0.15, 0.2) is 42.5 Å². The fraction of sp³-hybridized carbons (Fsp3) is 0.222. The number of halogens is 1. The van der Waals surface area contributed by atoms with Crippen LogP contribution in [-0.4, -0.2) is 24.0 Å². The summed E-state index contributed by atoms with van der Waals surface area (Å²) in [5, 5.41) is 10.3. The van der Waals surface area contributed by atoms with Crippen molar-refractivity contribution in [3.63, 3.8) is 0 Å². The Morgan fingerprint density at radius 1 is 1.04 bits per heavy atom. The number of rotatable bonds is 5. The van der Waals surface area contributed by atoms with Gasteiger partial charge in [0.1, 0.15) is 10.8 Å². The normalized spacial score (nSPS) is 12.4. The number of fused-ring (bicyclic) bond motifs is 1. The summed E-state index contributed by atoms with van der Waals surface area (Å²) in [5.41, 5.74) is 2.13. The Hall–Kier alpha value is -2.67. The van der Waals surface area contributed by atoms with Gasteiger partial charge in [0, 0.05) is 20.0 Å². The highest BCUT2D eigenvalue weighted by molar-refractivity contribution is 7.15. The Bertz CT molecular complexity index is 882. The third-order valence-electron chi connectivity index (χ3n) is 3.91. The van der Waals surface area contributed by atoms with Crippen molar-refractivity contribution in [3.05, 3.63) is 64.4 Å². The molecule has 0 bridgehead atoms. The van der Waals surface area contributed by atoms with Crippen molar-refractivity contribution in [1.82, 2.24) is 10.2 Å². The maximum absolute atomic E-state index is 13.0. The van der Waals surface area contributed by atoms with Crippen LogP contribution in [0.1, 0.15) is 16.1 Å². The average Bonchev–Trinajstić information content (AvgIpc) is 3.26. The van der Waals surface area contributed by atoms with Gasteiger partial charge in [0.15, 0.2) is 11.5 Å². The molecule has 0 fully saturated rings. The lowest BCUT2D eigenvalue weighted by molar-refractivity contribution is 0.174. The van der Waals surface area contributed by atoms with Crippen LogP contribution < -0.4 is 14.4 Å². The number of hydrogen-bond acceptors (Lipinski definition) is 6. The summed E-state index contributed by atoms with van der Waals surface area (Å²) in [6.45, 7) is 0.972. The molecule has 0 aliphatic carbocycles. The molecule has 0 saturated heterocycles. The molecule has 0 amide bonds. The highest BCUT2D eigenvalue weighted by Gasteiger charge is 2.15. The predicted octanol–water partition coefficient (Wildman–Crippen LogP) is 3.63. The summed E-state index contributed by atoms with van der Waals surface area (Å²) in [5.74, 6) is 1.33. The minimum atomic E-state index is -0.231. The van der Waals surface area contributed by atoms with Crippen molar-refractivity contribution in [2.75, 3.05) is 18.7 Å². The second kappa shape index (κ2) is 6.68. The van der Waals surface area contributed by atoms with Gasteiger partial charge in [0.25, 0.3) is 0 Å². The molecule has 1 aromatic heterocycles. The van der Waals surface area contributed by atoms with Gasteiger partial charge in [-0.15, -0.1) is 10.2 Å². The van der Waals surface area contributed by atoms with E-state index in [0.717, 1.165) is 32.8 Å². The molecule has 128 valence electrons. The van der Waals surface area contributed by atoms with Crippen LogP contribution in [0.5, 0.6) is 11.5 Å². The Labute approximate surface area is 148 Å². The first-order chi connectivity index (χ1) is 12.2. The van der Waals surface area contributed by atoms with E-state index < -0.39 is 0 Å². The van der Waals surface area contributed by atoms with E-state index in [1.807, 2.05) is 30.1 Å². The molecule has 1 aliphatic rings. The van der Waals surface area contributed by atoms with Gasteiger partial charge in [-0.1, -0.05) is 29.5 Å². The van der Waals surface area contributed by atoms with E-state index >= 15 is 0 Å².